The van der Waals surface area contributed by atoms with Gasteiger partial charge in [0.1, 0.15) is 0 Å². The highest BCUT2D eigenvalue weighted by atomic mass is 15.1. The molecular formula is C65H46N2. The first-order valence-electron chi connectivity index (χ1n) is 23.5. The molecule has 0 fully saturated rings. The fourth-order valence-electron chi connectivity index (χ4n) is 11.4. The second-order valence-corrected chi connectivity index (χ2v) is 17.9. The molecule has 10 aromatic carbocycles. The number of benzene rings is 10. The summed E-state index contributed by atoms with van der Waals surface area (Å²) in [4.78, 5) is 2.47. The zero-order valence-corrected chi connectivity index (χ0v) is 37.1. The van der Waals surface area contributed by atoms with E-state index in [0.29, 0.717) is 0 Å². The Bertz CT molecular complexity index is 3740. The van der Waals surface area contributed by atoms with Crippen molar-refractivity contribution in [3.63, 3.8) is 0 Å². The highest BCUT2D eigenvalue weighted by Crippen LogP contribution is 2.58. The van der Waals surface area contributed by atoms with E-state index in [1.54, 1.807) is 0 Å². The van der Waals surface area contributed by atoms with Gasteiger partial charge in [0.15, 0.2) is 0 Å². The van der Waals surface area contributed by atoms with Crippen molar-refractivity contribution in [3.05, 3.63) is 277 Å². The first-order valence-corrected chi connectivity index (χ1v) is 23.5. The smallest absolute Gasteiger partial charge is 0.0677 e. The molecule has 2 heteroatoms. The van der Waals surface area contributed by atoms with Crippen LogP contribution in [0.3, 0.4) is 0 Å². The van der Waals surface area contributed by atoms with Crippen molar-refractivity contribution in [2.24, 2.45) is 0 Å². The molecule has 2 aliphatic carbocycles. The minimum absolute atomic E-state index is 0.420. The lowest BCUT2D eigenvalue weighted by Gasteiger charge is -2.37. The maximum atomic E-state index is 2.49. The van der Waals surface area contributed by atoms with E-state index in [-0.39, 0.29) is 0 Å². The Labute approximate surface area is 391 Å². The molecule has 0 spiro atoms. The molecule has 11 aromatic rings. The Morgan fingerprint density at radius 3 is 1.90 bits per heavy atom. The van der Waals surface area contributed by atoms with E-state index >= 15 is 0 Å². The monoisotopic (exact) mass is 854 g/mol. The van der Waals surface area contributed by atoms with Crippen LogP contribution in [0.2, 0.25) is 0 Å². The molecule has 67 heavy (non-hydrogen) atoms. The number of anilines is 3. The Hall–Kier alpha value is -8.46. The van der Waals surface area contributed by atoms with Gasteiger partial charge in [-0.1, -0.05) is 194 Å². The summed E-state index contributed by atoms with van der Waals surface area (Å²) in [7, 11) is 0. The maximum absolute atomic E-state index is 2.49. The molecule has 0 aliphatic heterocycles. The standard InChI is InChI=1S/C65H46N2/c1-4-22-50(23-5-1)65(51-24-6-2-7-25-51)60-31-14-12-29-56(60)57-40-39-54(44-61(57)65)66(62-33-17-19-46-18-10-11-28-55(46)62)53-37-34-45(35-38-53)47-20-16-21-48(42-47)49-36-41-64-59(43-49)58-30-13-15-32-63(58)67(64)52-26-8-3-9-27-52/h1-6,8-24,26-44H,7,25H2. The van der Waals surface area contributed by atoms with E-state index in [0.717, 1.165) is 29.9 Å². The predicted molar refractivity (Wildman–Crippen MR) is 282 cm³/mol. The highest BCUT2D eigenvalue weighted by molar-refractivity contribution is 6.10. The number of rotatable bonds is 8. The first-order chi connectivity index (χ1) is 33.2. The van der Waals surface area contributed by atoms with Crippen LogP contribution in [0.4, 0.5) is 17.1 Å². The fourth-order valence-corrected chi connectivity index (χ4v) is 11.4. The SMILES string of the molecule is C1=CCCC(C2(c3ccccc3)c3ccccc3-c3ccc(N(c4ccc(-c5cccc(-c6ccc7c(c6)c6ccccc6n7-c6ccccc6)c5)cc4)c4cccc5ccccc45)cc32)=C1. The van der Waals surface area contributed by atoms with Gasteiger partial charge in [0.25, 0.3) is 0 Å². The molecule has 0 saturated carbocycles. The summed E-state index contributed by atoms with van der Waals surface area (Å²) < 4.78 is 2.38. The topological polar surface area (TPSA) is 8.17 Å². The van der Waals surface area contributed by atoms with Crippen LogP contribution in [0, 0.1) is 0 Å². The van der Waals surface area contributed by atoms with Crippen molar-refractivity contribution in [1.29, 1.82) is 0 Å². The van der Waals surface area contributed by atoms with Crippen molar-refractivity contribution in [2.45, 2.75) is 18.3 Å². The molecule has 0 saturated heterocycles. The third-order valence-electron chi connectivity index (χ3n) is 14.3. The molecule has 0 bridgehead atoms. The Kier molecular flexibility index (Phi) is 9.25. The van der Waals surface area contributed by atoms with Gasteiger partial charge in [-0.25, -0.2) is 0 Å². The van der Waals surface area contributed by atoms with Gasteiger partial charge in [-0.05, 0) is 135 Å². The third-order valence-corrected chi connectivity index (χ3v) is 14.3. The van der Waals surface area contributed by atoms with Gasteiger partial charge >= 0.3 is 0 Å². The Balaban J connectivity index is 0.932. The minimum Gasteiger partial charge on any atom is -0.310 e. The van der Waals surface area contributed by atoms with Gasteiger partial charge in [0.2, 0.25) is 0 Å². The first kappa shape index (κ1) is 39.0. The van der Waals surface area contributed by atoms with Crippen molar-refractivity contribution in [1.82, 2.24) is 4.57 Å². The number of fused-ring (bicyclic) bond motifs is 7. The summed E-state index contributed by atoms with van der Waals surface area (Å²) in [5.74, 6) is 0. The van der Waals surface area contributed by atoms with E-state index < -0.39 is 5.41 Å². The fraction of sp³-hybridized carbons (Fsp3) is 0.0462. The van der Waals surface area contributed by atoms with Gasteiger partial charge < -0.3 is 9.47 Å². The average molecular weight is 855 g/mol. The lowest BCUT2D eigenvalue weighted by atomic mass is 9.65. The number of nitrogens with zero attached hydrogens (tertiary/aromatic N) is 2. The van der Waals surface area contributed by atoms with Crippen molar-refractivity contribution >= 4 is 49.6 Å². The van der Waals surface area contributed by atoms with Crippen LogP contribution in [-0.2, 0) is 5.41 Å². The second kappa shape index (κ2) is 15.9. The van der Waals surface area contributed by atoms with Gasteiger partial charge in [-0.3, -0.25) is 0 Å². The summed E-state index contributed by atoms with van der Waals surface area (Å²) in [5, 5.41) is 4.94. The van der Waals surface area contributed by atoms with Gasteiger partial charge in [0.05, 0.1) is 22.1 Å². The highest BCUT2D eigenvalue weighted by Gasteiger charge is 2.47. The summed E-state index contributed by atoms with van der Waals surface area (Å²) in [6.45, 7) is 0. The molecule has 1 atom stereocenters. The maximum Gasteiger partial charge on any atom is 0.0677 e. The molecule has 1 aromatic heterocycles. The second-order valence-electron chi connectivity index (χ2n) is 17.9. The van der Waals surface area contributed by atoms with Crippen LogP contribution >= 0.6 is 0 Å². The minimum atomic E-state index is -0.420. The average Bonchev–Trinajstić information content (AvgIpc) is 3.90. The quantitative estimate of drug-likeness (QED) is 0.148. The van der Waals surface area contributed by atoms with Crippen LogP contribution in [0.25, 0.3) is 71.6 Å². The van der Waals surface area contributed by atoms with Gasteiger partial charge in [0, 0.05) is 33.2 Å². The lowest BCUT2D eigenvalue weighted by molar-refractivity contribution is 0.693. The van der Waals surface area contributed by atoms with E-state index in [1.165, 1.54) is 93.9 Å². The summed E-state index contributed by atoms with van der Waals surface area (Å²) in [5.41, 5.74) is 19.4. The Morgan fingerprint density at radius 1 is 0.418 bits per heavy atom. The van der Waals surface area contributed by atoms with Crippen LogP contribution in [0.15, 0.2) is 260 Å². The van der Waals surface area contributed by atoms with E-state index in [9.17, 15) is 0 Å². The molecule has 316 valence electrons. The lowest BCUT2D eigenvalue weighted by Crippen LogP contribution is -2.30. The zero-order chi connectivity index (χ0) is 44.3. The van der Waals surface area contributed by atoms with Gasteiger partial charge in [-0.15, -0.1) is 0 Å². The van der Waals surface area contributed by atoms with Crippen LogP contribution in [0.1, 0.15) is 29.5 Å². The van der Waals surface area contributed by atoms with E-state index in [4.69, 9.17) is 0 Å². The molecule has 1 heterocycles. The number of aromatic nitrogens is 1. The normalized spacial score (nSPS) is 15.1. The zero-order valence-electron chi connectivity index (χ0n) is 37.1. The molecule has 13 rings (SSSR count). The van der Waals surface area contributed by atoms with E-state index in [2.05, 4.69) is 264 Å². The number of allylic oxidation sites excluding steroid dienone is 4. The number of hydrogen-bond acceptors (Lipinski definition) is 1. The van der Waals surface area contributed by atoms with Crippen LogP contribution in [-0.4, -0.2) is 4.57 Å². The number of para-hydroxylation sites is 2. The van der Waals surface area contributed by atoms with E-state index in [1.807, 2.05) is 0 Å². The third kappa shape index (κ3) is 6.25. The molecule has 0 radical (unpaired) electrons. The summed E-state index contributed by atoms with van der Waals surface area (Å²) >= 11 is 0. The largest absolute Gasteiger partial charge is 0.310 e. The van der Waals surface area contributed by atoms with Crippen molar-refractivity contribution in [3.8, 4) is 39.1 Å². The van der Waals surface area contributed by atoms with Crippen molar-refractivity contribution in [2.75, 3.05) is 4.90 Å². The molecule has 0 N–H and O–H groups in total. The molecular weight excluding hydrogens is 809 g/mol. The number of hydrogen-bond donors (Lipinski definition) is 0. The molecule has 2 nitrogen and oxygen atoms in total. The summed E-state index contributed by atoms with van der Waals surface area (Å²) in [6, 6.07) is 87.4. The van der Waals surface area contributed by atoms with Gasteiger partial charge in [-0.2, -0.15) is 0 Å². The molecule has 2 aliphatic rings. The predicted octanol–water partition coefficient (Wildman–Crippen LogP) is 17.3. The van der Waals surface area contributed by atoms with Crippen LogP contribution < -0.4 is 4.90 Å². The molecule has 0 amide bonds. The Morgan fingerprint density at radius 2 is 1.06 bits per heavy atom. The summed E-state index contributed by atoms with van der Waals surface area (Å²) in [6.07, 6.45) is 8.98. The van der Waals surface area contributed by atoms with Crippen molar-refractivity contribution < 1.29 is 0 Å². The molecule has 1 unspecified atom stereocenters. The van der Waals surface area contributed by atoms with Crippen LogP contribution in [0.5, 0.6) is 0 Å².